The molecule has 1 rings (SSSR count). The molecular formula is C15H25NO4. The molecule has 1 aromatic rings. The zero-order valence-corrected chi connectivity index (χ0v) is 12.4. The van der Waals surface area contributed by atoms with Crippen LogP contribution in [0.3, 0.4) is 0 Å². The Morgan fingerprint density at radius 1 is 1.05 bits per heavy atom. The summed E-state index contributed by atoms with van der Waals surface area (Å²) in [6.07, 6.45) is 1.62. The van der Waals surface area contributed by atoms with Gasteiger partial charge < -0.3 is 24.7 Å². The standard InChI is InChI=1S/C15H25NO4/c1-17-10-11-19-8-3-9-20-15-5-4-14(18-2)12-13(15)6-7-16/h4-5,12H,3,6-11,16H2,1-2H3. The molecule has 0 radical (unpaired) electrons. The summed E-state index contributed by atoms with van der Waals surface area (Å²) < 4.78 is 21.3. The minimum Gasteiger partial charge on any atom is -0.497 e. The summed E-state index contributed by atoms with van der Waals surface area (Å²) in [5.74, 6) is 1.69. The summed E-state index contributed by atoms with van der Waals surface area (Å²) >= 11 is 0. The Morgan fingerprint density at radius 2 is 1.90 bits per heavy atom. The second-order valence-electron chi connectivity index (χ2n) is 4.32. The van der Waals surface area contributed by atoms with Crippen LogP contribution in [-0.4, -0.2) is 47.2 Å². The largest absolute Gasteiger partial charge is 0.497 e. The van der Waals surface area contributed by atoms with Crippen LogP contribution in [0.15, 0.2) is 18.2 Å². The fourth-order valence-corrected chi connectivity index (χ4v) is 1.76. The zero-order chi connectivity index (χ0) is 14.6. The van der Waals surface area contributed by atoms with Gasteiger partial charge in [0.05, 0.1) is 26.9 Å². The third-order valence-electron chi connectivity index (χ3n) is 2.80. The van der Waals surface area contributed by atoms with E-state index in [1.807, 2.05) is 18.2 Å². The lowest BCUT2D eigenvalue weighted by molar-refractivity contribution is 0.0644. The van der Waals surface area contributed by atoms with Crippen molar-refractivity contribution < 1.29 is 18.9 Å². The van der Waals surface area contributed by atoms with Crippen molar-refractivity contribution in [3.05, 3.63) is 23.8 Å². The number of nitrogens with two attached hydrogens (primary N) is 1. The maximum atomic E-state index is 5.77. The minimum atomic E-state index is 0.587. The fraction of sp³-hybridized carbons (Fsp3) is 0.600. The van der Waals surface area contributed by atoms with E-state index in [1.165, 1.54) is 0 Å². The molecule has 0 bridgehead atoms. The number of methoxy groups -OCH3 is 2. The molecule has 1 aromatic carbocycles. The SMILES string of the molecule is COCCOCCCOc1ccc(OC)cc1CCN. The lowest BCUT2D eigenvalue weighted by atomic mass is 10.1. The first kappa shape index (κ1) is 16.8. The molecule has 5 nitrogen and oxygen atoms in total. The molecule has 114 valence electrons. The van der Waals surface area contributed by atoms with Crippen molar-refractivity contribution in [2.45, 2.75) is 12.8 Å². The van der Waals surface area contributed by atoms with Gasteiger partial charge in [0.15, 0.2) is 0 Å². The van der Waals surface area contributed by atoms with E-state index >= 15 is 0 Å². The smallest absolute Gasteiger partial charge is 0.122 e. The minimum absolute atomic E-state index is 0.587. The number of hydrogen-bond donors (Lipinski definition) is 1. The number of ether oxygens (including phenoxy) is 4. The highest BCUT2D eigenvalue weighted by atomic mass is 16.5. The summed E-state index contributed by atoms with van der Waals surface area (Å²) in [6.45, 7) is 3.13. The van der Waals surface area contributed by atoms with E-state index in [1.54, 1.807) is 14.2 Å². The first-order chi connectivity index (χ1) is 9.81. The molecule has 0 spiro atoms. The Labute approximate surface area is 121 Å². The Balaban J connectivity index is 2.35. The van der Waals surface area contributed by atoms with Gasteiger partial charge in [0.2, 0.25) is 0 Å². The van der Waals surface area contributed by atoms with Gasteiger partial charge in [-0.1, -0.05) is 0 Å². The predicted octanol–water partition coefficient (Wildman–Crippen LogP) is 1.63. The van der Waals surface area contributed by atoms with E-state index < -0.39 is 0 Å². The highest BCUT2D eigenvalue weighted by molar-refractivity contribution is 5.40. The van der Waals surface area contributed by atoms with Crippen LogP contribution in [0.2, 0.25) is 0 Å². The molecule has 2 N–H and O–H groups in total. The Morgan fingerprint density at radius 3 is 2.60 bits per heavy atom. The first-order valence-electron chi connectivity index (χ1n) is 6.88. The Hall–Kier alpha value is -1.30. The van der Waals surface area contributed by atoms with Gasteiger partial charge in [0.1, 0.15) is 11.5 Å². The zero-order valence-electron chi connectivity index (χ0n) is 12.4. The van der Waals surface area contributed by atoms with Gasteiger partial charge in [-0.05, 0) is 36.7 Å². The summed E-state index contributed by atoms with van der Waals surface area (Å²) in [6, 6.07) is 5.79. The topological polar surface area (TPSA) is 62.9 Å². The average molecular weight is 283 g/mol. The van der Waals surface area contributed by atoms with Crippen molar-refractivity contribution in [3.63, 3.8) is 0 Å². The molecular weight excluding hydrogens is 258 g/mol. The molecule has 0 aromatic heterocycles. The molecule has 0 unspecified atom stereocenters. The quantitative estimate of drug-likeness (QED) is 0.625. The molecule has 5 heteroatoms. The summed E-state index contributed by atoms with van der Waals surface area (Å²) in [5, 5.41) is 0. The van der Waals surface area contributed by atoms with Crippen molar-refractivity contribution in [2.75, 3.05) is 47.2 Å². The lowest BCUT2D eigenvalue weighted by Crippen LogP contribution is -2.09. The van der Waals surface area contributed by atoms with E-state index in [4.69, 9.17) is 24.7 Å². The average Bonchev–Trinajstić information content (AvgIpc) is 2.47. The lowest BCUT2D eigenvalue weighted by Gasteiger charge is -2.12. The highest BCUT2D eigenvalue weighted by Crippen LogP contribution is 2.24. The summed E-state index contributed by atoms with van der Waals surface area (Å²) in [7, 11) is 3.31. The third-order valence-corrected chi connectivity index (χ3v) is 2.80. The van der Waals surface area contributed by atoms with Crippen molar-refractivity contribution in [3.8, 4) is 11.5 Å². The van der Waals surface area contributed by atoms with Crippen LogP contribution in [0.4, 0.5) is 0 Å². The molecule has 20 heavy (non-hydrogen) atoms. The predicted molar refractivity (Wildman–Crippen MR) is 78.6 cm³/mol. The van der Waals surface area contributed by atoms with Crippen LogP contribution < -0.4 is 15.2 Å². The molecule has 0 aliphatic rings. The van der Waals surface area contributed by atoms with Crippen LogP contribution in [0.1, 0.15) is 12.0 Å². The maximum absolute atomic E-state index is 5.77. The van der Waals surface area contributed by atoms with Crippen LogP contribution >= 0.6 is 0 Å². The van der Waals surface area contributed by atoms with Crippen LogP contribution in [0, 0.1) is 0 Å². The van der Waals surface area contributed by atoms with Gasteiger partial charge in [-0.3, -0.25) is 0 Å². The van der Waals surface area contributed by atoms with E-state index in [9.17, 15) is 0 Å². The van der Waals surface area contributed by atoms with Crippen molar-refractivity contribution in [1.29, 1.82) is 0 Å². The van der Waals surface area contributed by atoms with E-state index in [0.29, 0.717) is 33.0 Å². The van der Waals surface area contributed by atoms with Gasteiger partial charge >= 0.3 is 0 Å². The van der Waals surface area contributed by atoms with E-state index in [-0.39, 0.29) is 0 Å². The molecule has 0 fully saturated rings. The van der Waals surface area contributed by atoms with Gasteiger partial charge in [-0.25, -0.2) is 0 Å². The molecule has 0 saturated heterocycles. The number of rotatable bonds is 11. The van der Waals surface area contributed by atoms with Crippen LogP contribution in [0.5, 0.6) is 11.5 Å². The van der Waals surface area contributed by atoms with Crippen molar-refractivity contribution in [1.82, 2.24) is 0 Å². The van der Waals surface area contributed by atoms with E-state index in [2.05, 4.69) is 0 Å². The fourth-order valence-electron chi connectivity index (χ4n) is 1.76. The first-order valence-corrected chi connectivity index (χ1v) is 6.88. The van der Waals surface area contributed by atoms with Crippen LogP contribution in [0.25, 0.3) is 0 Å². The van der Waals surface area contributed by atoms with E-state index in [0.717, 1.165) is 29.9 Å². The molecule has 0 heterocycles. The van der Waals surface area contributed by atoms with Gasteiger partial charge in [0, 0.05) is 20.1 Å². The molecule has 0 aliphatic carbocycles. The molecule has 0 saturated carbocycles. The van der Waals surface area contributed by atoms with Crippen molar-refractivity contribution >= 4 is 0 Å². The van der Waals surface area contributed by atoms with Crippen molar-refractivity contribution in [2.24, 2.45) is 5.73 Å². The van der Waals surface area contributed by atoms with Crippen LogP contribution in [-0.2, 0) is 15.9 Å². The molecule has 0 amide bonds. The number of benzene rings is 1. The third kappa shape index (κ3) is 6.23. The molecule has 0 aliphatic heterocycles. The van der Waals surface area contributed by atoms with Gasteiger partial charge in [-0.2, -0.15) is 0 Å². The normalized spacial score (nSPS) is 10.6. The summed E-state index contributed by atoms with van der Waals surface area (Å²) in [4.78, 5) is 0. The van der Waals surface area contributed by atoms with Gasteiger partial charge in [-0.15, -0.1) is 0 Å². The monoisotopic (exact) mass is 283 g/mol. The Kier molecular flexibility index (Phi) is 8.78. The number of hydrogen-bond acceptors (Lipinski definition) is 5. The summed E-state index contributed by atoms with van der Waals surface area (Å²) in [5.41, 5.74) is 6.69. The van der Waals surface area contributed by atoms with Gasteiger partial charge in [0.25, 0.3) is 0 Å². The second kappa shape index (κ2) is 10.5. The Bertz CT molecular complexity index is 371. The highest BCUT2D eigenvalue weighted by Gasteiger charge is 2.05. The maximum Gasteiger partial charge on any atom is 0.122 e. The second-order valence-corrected chi connectivity index (χ2v) is 4.32. The molecule has 0 atom stereocenters.